The van der Waals surface area contributed by atoms with E-state index in [0.29, 0.717) is 23.7 Å². The summed E-state index contributed by atoms with van der Waals surface area (Å²) >= 11 is 0. The van der Waals surface area contributed by atoms with Gasteiger partial charge < -0.3 is 19.5 Å². The van der Waals surface area contributed by atoms with E-state index in [2.05, 4.69) is 10.4 Å². The van der Waals surface area contributed by atoms with Gasteiger partial charge in [-0.3, -0.25) is 4.79 Å². The van der Waals surface area contributed by atoms with E-state index >= 15 is 0 Å². The molecule has 2 aromatic carbocycles. The summed E-state index contributed by atoms with van der Waals surface area (Å²) < 4.78 is 17.6. The van der Waals surface area contributed by atoms with Crippen molar-refractivity contribution in [1.29, 1.82) is 0 Å². The molecule has 0 fully saturated rings. The van der Waals surface area contributed by atoms with E-state index in [4.69, 9.17) is 14.2 Å². The molecular formula is C18H17N3O4. The number of amides is 1. The Morgan fingerprint density at radius 3 is 2.92 bits per heavy atom. The van der Waals surface area contributed by atoms with Crippen molar-refractivity contribution >= 4 is 16.8 Å². The molecule has 0 atom stereocenters. The number of nitrogens with zero attached hydrogens (tertiary/aromatic N) is 2. The van der Waals surface area contributed by atoms with E-state index < -0.39 is 0 Å². The van der Waals surface area contributed by atoms with Gasteiger partial charge in [-0.1, -0.05) is 6.07 Å². The second-order valence-electron chi connectivity index (χ2n) is 5.74. The van der Waals surface area contributed by atoms with Crippen molar-refractivity contribution in [1.82, 2.24) is 15.1 Å². The monoisotopic (exact) mass is 339 g/mol. The fourth-order valence-corrected chi connectivity index (χ4v) is 2.90. The summed E-state index contributed by atoms with van der Waals surface area (Å²) in [4.78, 5) is 12.4. The predicted octanol–water partition coefficient (Wildman–Crippen LogP) is 2.24. The molecule has 25 heavy (non-hydrogen) atoms. The Morgan fingerprint density at radius 1 is 1.24 bits per heavy atom. The van der Waals surface area contributed by atoms with Crippen LogP contribution in [-0.4, -0.2) is 29.6 Å². The number of carbonyl (C=O) groups excluding carboxylic acids is 1. The summed E-state index contributed by atoms with van der Waals surface area (Å²) in [5.74, 6) is 1.94. The molecule has 1 amide bonds. The molecule has 0 spiro atoms. The first-order valence-corrected chi connectivity index (χ1v) is 7.83. The summed E-state index contributed by atoms with van der Waals surface area (Å²) in [6.07, 6.45) is 0. The molecule has 1 aliphatic heterocycles. The molecule has 3 aromatic rings. The molecular weight excluding hydrogens is 322 g/mol. The van der Waals surface area contributed by atoms with Gasteiger partial charge in [-0.15, -0.1) is 0 Å². The average molecular weight is 339 g/mol. The predicted molar refractivity (Wildman–Crippen MR) is 91.0 cm³/mol. The summed E-state index contributed by atoms with van der Waals surface area (Å²) in [5, 5.41) is 8.14. The fourth-order valence-electron chi connectivity index (χ4n) is 2.90. The van der Waals surface area contributed by atoms with Gasteiger partial charge >= 0.3 is 0 Å². The highest BCUT2D eigenvalue weighted by atomic mass is 16.7. The van der Waals surface area contributed by atoms with Crippen molar-refractivity contribution < 1.29 is 19.0 Å². The summed E-state index contributed by atoms with van der Waals surface area (Å²) in [5.41, 5.74) is 2.21. The number of methoxy groups -OCH3 is 1. The van der Waals surface area contributed by atoms with Crippen molar-refractivity contribution in [3.05, 3.63) is 47.5 Å². The molecule has 7 heteroatoms. The molecule has 2 heterocycles. The van der Waals surface area contributed by atoms with E-state index in [1.54, 1.807) is 31.0 Å². The highest BCUT2D eigenvalue weighted by Gasteiger charge is 2.15. The molecule has 1 N–H and O–H groups in total. The molecule has 128 valence electrons. The molecule has 0 bridgehead atoms. The lowest BCUT2D eigenvalue weighted by Crippen LogP contribution is -2.22. The van der Waals surface area contributed by atoms with Crippen LogP contribution in [0.3, 0.4) is 0 Å². The second-order valence-corrected chi connectivity index (χ2v) is 5.74. The van der Waals surface area contributed by atoms with Crippen LogP contribution >= 0.6 is 0 Å². The van der Waals surface area contributed by atoms with Gasteiger partial charge in [-0.2, -0.15) is 5.10 Å². The standard InChI is InChI=1S/C18H17N3O4/c1-21-18(23-2)13-5-4-12(8-14(13)20-21)17(22)19-9-11-3-6-15-16(7-11)25-10-24-15/h3-8H,9-10H2,1-2H3,(H,19,22). The number of hydrogen-bond acceptors (Lipinski definition) is 5. The molecule has 7 nitrogen and oxygen atoms in total. The zero-order valence-electron chi connectivity index (χ0n) is 13.9. The van der Waals surface area contributed by atoms with E-state index in [9.17, 15) is 4.79 Å². The quantitative estimate of drug-likeness (QED) is 0.789. The Morgan fingerprint density at radius 2 is 2.08 bits per heavy atom. The molecule has 0 unspecified atom stereocenters. The van der Waals surface area contributed by atoms with Gasteiger partial charge in [-0.25, -0.2) is 4.68 Å². The van der Waals surface area contributed by atoms with Gasteiger partial charge in [-0.05, 0) is 35.9 Å². The van der Waals surface area contributed by atoms with Crippen molar-refractivity contribution in [2.45, 2.75) is 6.54 Å². The summed E-state index contributed by atoms with van der Waals surface area (Å²) in [6, 6.07) is 11.0. The lowest BCUT2D eigenvalue weighted by atomic mass is 10.1. The molecule has 0 radical (unpaired) electrons. The maximum absolute atomic E-state index is 12.4. The summed E-state index contributed by atoms with van der Waals surface area (Å²) in [7, 11) is 3.40. The smallest absolute Gasteiger partial charge is 0.251 e. The van der Waals surface area contributed by atoms with Crippen molar-refractivity contribution in [2.24, 2.45) is 7.05 Å². The van der Waals surface area contributed by atoms with Crippen molar-refractivity contribution in [3.63, 3.8) is 0 Å². The van der Waals surface area contributed by atoms with Crippen LogP contribution in [0.1, 0.15) is 15.9 Å². The van der Waals surface area contributed by atoms with Crippen LogP contribution in [0.2, 0.25) is 0 Å². The molecule has 0 saturated heterocycles. The highest BCUT2D eigenvalue weighted by Crippen LogP contribution is 2.32. The minimum absolute atomic E-state index is 0.163. The topological polar surface area (TPSA) is 74.6 Å². The normalized spacial score (nSPS) is 12.4. The molecule has 1 aromatic heterocycles. The second kappa shape index (κ2) is 6.01. The van der Waals surface area contributed by atoms with Gasteiger partial charge in [0.1, 0.15) is 0 Å². The van der Waals surface area contributed by atoms with E-state index in [-0.39, 0.29) is 12.7 Å². The van der Waals surface area contributed by atoms with Crippen molar-refractivity contribution in [2.75, 3.05) is 13.9 Å². The molecule has 0 aliphatic carbocycles. The number of hydrogen-bond donors (Lipinski definition) is 1. The first-order chi connectivity index (χ1) is 12.2. The van der Waals surface area contributed by atoms with Gasteiger partial charge in [0.25, 0.3) is 5.91 Å². The van der Waals surface area contributed by atoms with Gasteiger partial charge in [0, 0.05) is 19.2 Å². The Hall–Kier alpha value is -3.22. The number of fused-ring (bicyclic) bond motifs is 2. The maximum Gasteiger partial charge on any atom is 0.251 e. The van der Waals surface area contributed by atoms with Crippen LogP contribution in [0.4, 0.5) is 0 Å². The molecule has 1 aliphatic rings. The first kappa shape index (κ1) is 15.3. The minimum Gasteiger partial charge on any atom is -0.481 e. The van der Waals surface area contributed by atoms with Crippen LogP contribution in [0, 0.1) is 0 Å². The number of nitrogens with one attached hydrogen (secondary N) is 1. The van der Waals surface area contributed by atoms with Gasteiger partial charge in [0.15, 0.2) is 11.5 Å². The van der Waals surface area contributed by atoms with Crippen LogP contribution in [-0.2, 0) is 13.6 Å². The third-order valence-electron chi connectivity index (χ3n) is 4.13. The zero-order chi connectivity index (χ0) is 17.4. The van der Waals surface area contributed by atoms with E-state index in [0.717, 1.165) is 22.2 Å². The van der Waals surface area contributed by atoms with Crippen LogP contribution in [0.25, 0.3) is 10.9 Å². The maximum atomic E-state index is 12.4. The van der Waals surface area contributed by atoms with Crippen LogP contribution in [0.5, 0.6) is 17.4 Å². The zero-order valence-corrected chi connectivity index (χ0v) is 13.9. The number of aromatic nitrogens is 2. The van der Waals surface area contributed by atoms with Gasteiger partial charge in [0.05, 0.1) is 18.0 Å². The Labute approximate surface area is 144 Å². The number of rotatable bonds is 4. The van der Waals surface area contributed by atoms with E-state index in [1.165, 1.54) is 0 Å². The molecule has 4 rings (SSSR count). The van der Waals surface area contributed by atoms with E-state index in [1.807, 2.05) is 24.3 Å². The number of carbonyl (C=O) groups is 1. The Balaban J connectivity index is 1.50. The third kappa shape index (κ3) is 2.73. The Bertz CT molecular complexity index is 964. The lowest BCUT2D eigenvalue weighted by molar-refractivity contribution is 0.0951. The average Bonchev–Trinajstić information content (AvgIpc) is 3.21. The first-order valence-electron chi connectivity index (χ1n) is 7.83. The largest absolute Gasteiger partial charge is 0.481 e. The fraction of sp³-hybridized carbons (Fsp3) is 0.222. The number of aryl methyl sites for hydroxylation is 1. The number of benzene rings is 2. The summed E-state index contributed by atoms with van der Waals surface area (Å²) in [6.45, 7) is 0.637. The Kier molecular flexibility index (Phi) is 3.68. The minimum atomic E-state index is -0.163. The SMILES string of the molecule is COc1c2ccc(C(=O)NCc3ccc4c(c3)OCO4)cc2nn1C. The van der Waals surface area contributed by atoms with Gasteiger partial charge in [0.2, 0.25) is 12.7 Å². The molecule has 0 saturated carbocycles. The van der Waals surface area contributed by atoms with Crippen molar-refractivity contribution in [3.8, 4) is 17.4 Å². The van der Waals surface area contributed by atoms with Crippen LogP contribution in [0.15, 0.2) is 36.4 Å². The van der Waals surface area contributed by atoms with Crippen LogP contribution < -0.4 is 19.5 Å². The third-order valence-corrected chi connectivity index (χ3v) is 4.13. The lowest BCUT2D eigenvalue weighted by Gasteiger charge is -2.06. The number of ether oxygens (including phenoxy) is 3. The highest BCUT2D eigenvalue weighted by molar-refractivity contribution is 5.98.